The molecule has 36 heavy (non-hydrogen) atoms. The lowest BCUT2D eigenvalue weighted by Crippen LogP contribution is -2.12. The number of aromatic nitrogens is 1. The van der Waals surface area contributed by atoms with E-state index >= 15 is 0 Å². The lowest BCUT2D eigenvalue weighted by Gasteiger charge is -2.27. The van der Waals surface area contributed by atoms with Gasteiger partial charge in [0.15, 0.2) is 0 Å². The third-order valence-electron chi connectivity index (χ3n) is 8.21. The van der Waals surface area contributed by atoms with Gasteiger partial charge in [-0.1, -0.05) is 94.3 Å². The van der Waals surface area contributed by atoms with Crippen molar-refractivity contribution in [2.75, 3.05) is 0 Å². The molecule has 7 rings (SSSR count). The van der Waals surface area contributed by atoms with E-state index in [1.807, 2.05) is 18.0 Å². The smallest absolute Gasteiger partial charge is 0.0803 e. The number of rotatable bonds is 2. The van der Waals surface area contributed by atoms with E-state index in [9.17, 15) is 0 Å². The summed E-state index contributed by atoms with van der Waals surface area (Å²) in [7, 11) is 0. The minimum atomic E-state index is 0.205. The summed E-state index contributed by atoms with van der Waals surface area (Å²) in [5, 5.41) is 8.13. The normalized spacial score (nSPS) is 16.1. The van der Waals surface area contributed by atoms with E-state index in [0.717, 1.165) is 12.1 Å². The first-order chi connectivity index (χ1) is 17.5. The zero-order valence-corrected chi connectivity index (χ0v) is 22.3. The number of nitrogens with zero attached hydrogens (tertiary/aromatic N) is 1. The third-order valence-corrected chi connectivity index (χ3v) is 9.42. The van der Waals surface area contributed by atoms with Crippen molar-refractivity contribution >= 4 is 44.1 Å². The van der Waals surface area contributed by atoms with Crippen molar-refractivity contribution in [3.8, 4) is 11.3 Å². The minimum Gasteiger partial charge on any atom is -0.256 e. The molecule has 0 unspecified atom stereocenters. The standard InChI is InChI=1S/C34H33NS/c1-34(2,3)20-29-25-12-8-7-11-23(25)18-28-32-31-26(15-16-35-32)27-17-22(21-9-5-4-6-10-21)13-14-24(27)19-30(31)36-33(28)29/h7-8,11-19,21H,4-6,9-10,20H2,1-3H3. The summed E-state index contributed by atoms with van der Waals surface area (Å²) < 4.78 is 0. The molecular weight excluding hydrogens is 454 g/mol. The quantitative estimate of drug-likeness (QED) is 0.225. The van der Waals surface area contributed by atoms with Crippen LogP contribution >= 0.6 is 11.8 Å². The highest BCUT2D eigenvalue weighted by Gasteiger charge is 2.27. The van der Waals surface area contributed by atoms with Gasteiger partial charge in [0.25, 0.3) is 0 Å². The highest BCUT2D eigenvalue weighted by Crippen LogP contribution is 2.52. The molecule has 5 aromatic rings. The Morgan fingerprint density at radius 3 is 2.47 bits per heavy atom. The van der Waals surface area contributed by atoms with Gasteiger partial charge in [-0.3, -0.25) is 4.98 Å². The predicted octanol–water partition coefficient (Wildman–Crippen LogP) is 10.3. The van der Waals surface area contributed by atoms with E-state index in [1.165, 1.54) is 90.9 Å². The second-order valence-electron chi connectivity index (χ2n) is 12.1. The van der Waals surface area contributed by atoms with Crippen LogP contribution in [0.25, 0.3) is 43.6 Å². The number of pyridine rings is 1. The van der Waals surface area contributed by atoms with E-state index in [2.05, 4.69) is 81.4 Å². The van der Waals surface area contributed by atoms with E-state index in [1.54, 1.807) is 0 Å². The lowest BCUT2D eigenvalue weighted by atomic mass is 9.83. The SMILES string of the molecule is CC(C)(C)Cc1c2c(cc3ccccc13)-c1nccc3c1c(cc1ccc(C4CCCCC4)cc13)S2. The molecule has 0 radical (unpaired) electrons. The molecule has 0 N–H and O–H groups in total. The van der Waals surface area contributed by atoms with Gasteiger partial charge in [-0.25, -0.2) is 0 Å². The largest absolute Gasteiger partial charge is 0.256 e. The molecule has 1 saturated carbocycles. The Bertz CT molecular complexity index is 1650. The first-order valence-electron chi connectivity index (χ1n) is 13.5. The van der Waals surface area contributed by atoms with Crippen LogP contribution in [0.15, 0.2) is 76.7 Å². The van der Waals surface area contributed by atoms with Gasteiger partial charge in [-0.15, -0.1) is 0 Å². The van der Waals surface area contributed by atoms with Gasteiger partial charge in [0.1, 0.15) is 0 Å². The van der Waals surface area contributed by atoms with Crippen LogP contribution in [0.3, 0.4) is 0 Å². The fourth-order valence-electron chi connectivity index (χ4n) is 6.57. The molecule has 0 spiro atoms. The van der Waals surface area contributed by atoms with Crippen molar-refractivity contribution in [3.05, 3.63) is 78.0 Å². The van der Waals surface area contributed by atoms with Crippen LogP contribution in [0.4, 0.5) is 0 Å². The highest BCUT2D eigenvalue weighted by atomic mass is 32.2. The first-order valence-corrected chi connectivity index (χ1v) is 14.4. The topological polar surface area (TPSA) is 12.9 Å². The molecule has 180 valence electrons. The van der Waals surface area contributed by atoms with Crippen LogP contribution in [0, 0.1) is 5.41 Å². The molecule has 0 atom stereocenters. The fraction of sp³-hybridized carbons (Fsp3) is 0.324. The molecular formula is C34H33NS. The van der Waals surface area contributed by atoms with Gasteiger partial charge in [0.2, 0.25) is 0 Å². The molecule has 1 aliphatic heterocycles. The van der Waals surface area contributed by atoms with Crippen molar-refractivity contribution in [2.24, 2.45) is 5.41 Å². The van der Waals surface area contributed by atoms with Crippen LogP contribution in [0.5, 0.6) is 0 Å². The summed E-state index contributed by atoms with van der Waals surface area (Å²) in [4.78, 5) is 7.78. The Hall–Kier alpha value is -2.84. The molecule has 0 saturated heterocycles. The zero-order valence-electron chi connectivity index (χ0n) is 21.5. The van der Waals surface area contributed by atoms with Crippen molar-refractivity contribution in [2.45, 2.75) is 75.0 Å². The van der Waals surface area contributed by atoms with Crippen molar-refractivity contribution in [3.63, 3.8) is 0 Å². The number of hydrogen-bond donors (Lipinski definition) is 0. The van der Waals surface area contributed by atoms with Gasteiger partial charge in [-0.05, 0) is 86.9 Å². The molecule has 2 heteroatoms. The minimum absolute atomic E-state index is 0.205. The molecule has 0 amide bonds. The summed E-state index contributed by atoms with van der Waals surface area (Å²) >= 11 is 1.96. The van der Waals surface area contributed by atoms with Crippen LogP contribution in [-0.2, 0) is 6.42 Å². The Balaban J connectivity index is 1.49. The monoisotopic (exact) mass is 487 g/mol. The summed E-state index contributed by atoms with van der Waals surface area (Å²) in [6, 6.07) is 23.2. The number of benzene rings is 4. The van der Waals surface area contributed by atoms with E-state index in [-0.39, 0.29) is 5.41 Å². The second-order valence-corrected chi connectivity index (χ2v) is 13.1. The van der Waals surface area contributed by atoms with Crippen LogP contribution in [-0.4, -0.2) is 4.98 Å². The molecule has 2 heterocycles. The first kappa shape index (κ1) is 22.4. The fourth-order valence-corrected chi connectivity index (χ4v) is 7.85. The Labute approximate surface area is 218 Å². The summed E-state index contributed by atoms with van der Waals surface area (Å²) in [6.07, 6.45) is 9.89. The maximum absolute atomic E-state index is 5.03. The Morgan fingerprint density at radius 2 is 1.64 bits per heavy atom. The molecule has 0 bridgehead atoms. The second kappa shape index (κ2) is 8.35. The van der Waals surface area contributed by atoms with E-state index in [0.29, 0.717) is 5.92 Å². The molecule has 1 nitrogen and oxygen atoms in total. The van der Waals surface area contributed by atoms with Gasteiger partial charge in [0, 0.05) is 26.9 Å². The predicted molar refractivity (Wildman–Crippen MR) is 155 cm³/mol. The molecule has 1 aliphatic carbocycles. The third kappa shape index (κ3) is 3.65. The maximum Gasteiger partial charge on any atom is 0.0803 e. The molecule has 4 aromatic carbocycles. The van der Waals surface area contributed by atoms with Crippen molar-refractivity contribution in [1.82, 2.24) is 4.98 Å². The average Bonchev–Trinajstić information content (AvgIpc) is 2.89. The number of fused-ring (bicyclic) bond motifs is 5. The van der Waals surface area contributed by atoms with E-state index in [4.69, 9.17) is 4.98 Å². The summed E-state index contributed by atoms with van der Waals surface area (Å²) in [5.74, 6) is 0.716. The van der Waals surface area contributed by atoms with E-state index < -0.39 is 0 Å². The molecule has 2 aliphatic rings. The molecule has 1 fully saturated rings. The van der Waals surface area contributed by atoms with Crippen molar-refractivity contribution < 1.29 is 0 Å². The van der Waals surface area contributed by atoms with Crippen LogP contribution in [0.2, 0.25) is 0 Å². The summed E-state index contributed by atoms with van der Waals surface area (Å²) in [5.41, 5.74) is 5.66. The average molecular weight is 488 g/mol. The van der Waals surface area contributed by atoms with Gasteiger partial charge in [-0.2, -0.15) is 0 Å². The van der Waals surface area contributed by atoms with Gasteiger partial charge in [0.05, 0.1) is 5.69 Å². The molecule has 1 aromatic heterocycles. The Kier molecular flexibility index (Phi) is 5.19. The summed E-state index contributed by atoms with van der Waals surface area (Å²) in [6.45, 7) is 7.04. The lowest BCUT2D eigenvalue weighted by molar-refractivity contribution is 0.410. The zero-order chi connectivity index (χ0) is 24.4. The van der Waals surface area contributed by atoms with Gasteiger partial charge >= 0.3 is 0 Å². The highest BCUT2D eigenvalue weighted by molar-refractivity contribution is 8.00. The number of hydrogen-bond acceptors (Lipinski definition) is 2. The van der Waals surface area contributed by atoms with Gasteiger partial charge < -0.3 is 0 Å². The van der Waals surface area contributed by atoms with Crippen LogP contribution in [0.1, 0.15) is 69.9 Å². The Morgan fingerprint density at radius 1 is 0.833 bits per heavy atom. The van der Waals surface area contributed by atoms with Crippen LogP contribution < -0.4 is 0 Å². The maximum atomic E-state index is 5.03. The van der Waals surface area contributed by atoms with Crippen molar-refractivity contribution in [1.29, 1.82) is 0 Å².